The standard InChI is InChI=1S/C25H21N5O/c26-14-18-4-3-5-19(12-18)16-30-22-7-2-1-6-21(22)13-23(30)25(31)29-15-17-8-10-20(11-9-17)24(27)28/h1-13H,15-16H2,(H3,27,28)(H,29,31). The van der Waals surface area contributed by atoms with Crippen LogP contribution in [0.3, 0.4) is 0 Å². The molecule has 0 aliphatic heterocycles. The molecule has 0 saturated carbocycles. The molecule has 31 heavy (non-hydrogen) atoms. The van der Waals surface area contributed by atoms with Gasteiger partial charge in [-0.3, -0.25) is 10.2 Å². The van der Waals surface area contributed by atoms with E-state index in [-0.39, 0.29) is 11.7 Å². The molecule has 6 nitrogen and oxygen atoms in total. The Hall–Kier alpha value is -4.37. The van der Waals surface area contributed by atoms with Gasteiger partial charge in [0, 0.05) is 29.6 Å². The lowest BCUT2D eigenvalue weighted by molar-refractivity contribution is 0.0942. The van der Waals surface area contributed by atoms with E-state index in [4.69, 9.17) is 11.1 Å². The van der Waals surface area contributed by atoms with Crippen LogP contribution >= 0.6 is 0 Å². The van der Waals surface area contributed by atoms with Crippen LogP contribution < -0.4 is 11.1 Å². The Labute approximate surface area is 180 Å². The fourth-order valence-corrected chi connectivity index (χ4v) is 3.57. The highest BCUT2D eigenvalue weighted by Gasteiger charge is 2.16. The van der Waals surface area contributed by atoms with Gasteiger partial charge in [-0.05, 0) is 35.4 Å². The predicted molar refractivity (Wildman–Crippen MR) is 121 cm³/mol. The van der Waals surface area contributed by atoms with Gasteiger partial charge in [-0.2, -0.15) is 5.26 Å². The first kappa shape index (κ1) is 19.9. The topological polar surface area (TPSA) is 108 Å². The van der Waals surface area contributed by atoms with Gasteiger partial charge >= 0.3 is 0 Å². The summed E-state index contributed by atoms with van der Waals surface area (Å²) in [6.07, 6.45) is 0. The Balaban J connectivity index is 1.60. The monoisotopic (exact) mass is 407 g/mol. The van der Waals surface area contributed by atoms with Crippen LogP contribution in [0.2, 0.25) is 0 Å². The first-order valence-electron chi connectivity index (χ1n) is 9.84. The van der Waals surface area contributed by atoms with Gasteiger partial charge in [0.15, 0.2) is 0 Å². The SMILES string of the molecule is N#Cc1cccc(Cn2c(C(=O)NCc3ccc(C(=N)N)cc3)cc3ccccc32)c1. The van der Waals surface area contributed by atoms with E-state index in [9.17, 15) is 10.1 Å². The van der Waals surface area contributed by atoms with Crippen molar-refractivity contribution in [3.63, 3.8) is 0 Å². The highest BCUT2D eigenvalue weighted by Crippen LogP contribution is 2.22. The van der Waals surface area contributed by atoms with E-state index in [0.717, 1.165) is 22.0 Å². The smallest absolute Gasteiger partial charge is 0.268 e. The van der Waals surface area contributed by atoms with E-state index < -0.39 is 0 Å². The molecule has 1 amide bonds. The summed E-state index contributed by atoms with van der Waals surface area (Å²) in [5, 5.41) is 20.6. The molecule has 0 atom stereocenters. The molecule has 152 valence electrons. The van der Waals surface area contributed by atoms with Crippen LogP contribution in [0.4, 0.5) is 0 Å². The Kier molecular flexibility index (Phi) is 5.50. The molecular weight excluding hydrogens is 386 g/mol. The first-order chi connectivity index (χ1) is 15.0. The fraction of sp³-hybridized carbons (Fsp3) is 0.0800. The number of carbonyl (C=O) groups is 1. The lowest BCUT2D eigenvalue weighted by Crippen LogP contribution is -2.25. The summed E-state index contributed by atoms with van der Waals surface area (Å²) < 4.78 is 1.97. The van der Waals surface area contributed by atoms with Crippen molar-refractivity contribution < 1.29 is 4.79 Å². The lowest BCUT2D eigenvalue weighted by Gasteiger charge is -2.12. The highest BCUT2D eigenvalue weighted by atomic mass is 16.1. The Morgan fingerprint density at radius 2 is 1.77 bits per heavy atom. The lowest BCUT2D eigenvalue weighted by atomic mass is 10.1. The molecule has 0 aliphatic rings. The molecule has 0 aliphatic carbocycles. The fourth-order valence-electron chi connectivity index (χ4n) is 3.57. The molecule has 0 bridgehead atoms. The molecule has 0 unspecified atom stereocenters. The van der Waals surface area contributed by atoms with Gasteiger partial charge in [0.05, 0.1) is 11.6 Å². The molecule has 0 fully saturated rings. The number of nitriles is 1. The number of para-hydroxylation sites is 1. The molecule has 1 heterocycles. The van der Waals surface area contributed by atoms with Crippen molar-refractivity contribution in [3.8, 4) is 6.07 Å². The number of aromatic nitrogens is 1. The van der Waals surface area contributed by atoms with Crippen molar-refractivity contribution in [2.75, 3.05) is 0 Å². The first-order valence-corrected chi connectivity index (χ1v) is 9.84. The van der Waals surface area contributed by atoms with Crippen molar-refractivity contribution in [3.05, 3.63) is 107 Å². The molecule has 0 spiro atoms. The summed E-state index contributed by atoms with van der Waals surface area (Å²) in [6, 6.07) is 26.5. The summed E-state index contributed by atoms with van der Waals surface area (Å²) in [5.41, 5.74) is 10.1. The van der Waals surface area contributed by atoms with Gasteiger partial charge in [0.2, 0.25) is 0 Å². The van der Waals surface area contributed by atoms with E-state index in [1.165, 1.54) is 0 Å². The van der Waals surface area contributed by atoms with Gasteiger partial charge < -0.3 is 15.6 Å². The maximum atomic E-state index is 13.1. The zero-order valence-corrected chi connectivity index (χ0v) is 16.8. The molecule has 3 aromatic carbocycles. The summed E-state index contributed by atoms with van der Waals surface area (Å²) in [6.45, 7) is 0.849. The van der Waals surface area contributed by atoms with Crippen LogP contribution in [0, 0.1) is 16.7 Å². The number of hydrogen-bond donors (Lipinski definition) is 3. The second kappa shape index (κ2) is 8.56. The minimum atomic E-state index is -0.178. The molecule has 6 heteroatoms. The molecule has 4 rings (SSSR count). The van der Waals surface area contributed by atoms with Crippen LogP contribution in [0.1, 0.15) is 32.7 Å². The van der Waals surface area contributed by atoms with Crippen LogP contribution in [0.15, 0.2) is 78.9 Å². The second-order valence-corrected chi connectivity index (χ2v) is 7.28. The number of amidine groups is 1. The van der Waals surface area contributed by atoms with Gasteiger partial charge in [0.25, 0.3) is 5.91 Å². The number of hydrogen-bond acceptors (Lipinski definition) is 3. The van der Waals surface area contributed by atoms with Crippen LogP contribution in [0.25, 0.3) is 10.9 Å². The van der Waals surface area contributed by atoms with E-state index in [1.807, 2.05) is 65.2 Å². The number of rotatable bonds is 6. The molecular formula is C25H21N5O. The summed E-state index contributed by atoms with van der Waals surface area (Å²) in [5.74, 6) is -0.163. The number of fused-ring (bicyclic) bond motifs is 1. The van der Waals surface area contributed by atoms with Gasteiger partial charge in [-0.25, -0.2) is 0 Å². The highest BCUT2D eigenvalue weighted by molar-refractivity contribution is 5.99. The van der Waals surface area contributed by atoms with Gasteiger partial charge in [-0.1, -0.05) is 54.6 Å². The molecule has 4 aromatic rings. The summed E-state index contributed by atoms with van der Waals surface area (Å²) in [7, 11) is 0. The minimum absolute atomic E-state index is 0.0144. The van der Waals surface area contributed by atoms with Crippen molar-refractivity contribution in [2.24, 2.45) is 5.73 Å². The Bertz CT molecular complexity index is 1310. The van der Waals surface area contributed by atoms with E-state index in [0.29, 0.717) is 29.9 Å². The van der Waals surface area contributed by atoms with E-state index in [2.05, 4.69) is 11.4 Å². The number of nitrogens with one attached hydrogen (secondary N) is 2. The maximum absolute atomic E-state index is 13.1. The van der Waals surface area contributed by atoms with Crippen LogP contribution in [0.5, 0.6) is 0 Å². The number of benzene rings is 3. The molecule has 4 N–H and O–H groups in total. The average molecular weight is 407 g/mol. The second-order valence-electron chi connectivity index (χ2n) is 7.28. The predicted octanol–water partition coefficient (Wildman–Crippen LogP) is 3.78. The largest absolute Gasteiger partial charge is 0.384 e. The number of carbonyl (C=O) groups excluding carboxylic acids is 1. The average Bonchev–Trinajstić information content (AvgIpc) is 3.16. The summed E-state index contributed by atoms with van der Waals surface area (Å²) >= 11 is 0. The van der Waals surface area contributed by atoms with E-state index >= 15 is 0 Å². The quantitative estimate of drug-likeness (QED) is 0.334. The Morgan fingerprint density at radius 1 is 1.00 bits per heavy atom. The van der Waals surface area contributed by atoms with Gasteiger partial charge in [0.1, 0.15) is 11.5 Å². The Morgan fingerprint density at radius 3 is 2.52 bits per heavy atom. The van der Waals surface area contributed by atoms with Gasteiger partial charge in [-0.15, -0.1) is 0 Å². The van der Waals surface area contributed by atoms with Crippen LogP contribution in [-0.2, 0) is 13.1 Å². The third-order valence-corrected chi connectivity index (χ3v) is 5.16. The third kappa shape index (κ3) is 4.31. The summed E-state index contributed by atoms with van der Waals surface area (Å²) in [4.78, 5) is 13.1. The minimum Gasteiger partial charge on any atom is -0.384 e. The van der Waals surface area contributed by atoms with E-state index in [1.54, 1.807) is 18.2 Å². The number of amides is 1. The number of nitrogens with zero attached hydrogens (tertiary/aromatic N) is 2. The molecule has 0 radical (unpaired) electrons. The van der Waals surface area contributed by atoms with Crippen molar-refractivity contribution in [1.82, 2.24) is 9.88 Å². The molecule has 1 aromatic heterocycles. The normalized spacial score (nSPS) is 10.5. The van der Waals surface area contributed by atoms with Crippen LogP contribution in [-0.4, -0.2) is 16.3 Å². The van der Waals surface area contributed by atoms with Crippen molar-refractivity contribution >= 4 is 22.6 Å². The zero-order chi connectivity index (χ0) is 21.8. The molecule has 0 saturated heterocycles. The number of nitrogen functional groups attached to an aromatic ring is 1. The van der Waals surface area contributed by atoms with Crippen molar-refractivity contribution in [1.29, 1.82) is 10.7 Å². The maximum Gasteiger partial charge on any atom is 0.268 e. The van der Waals surface area contributed by atoms with Crippen molar-refractivity contribution in [2.45, 2.75) is 13.1 Å². The zero-order valence-electron chi connectivity index (χ0n) is 16.8. The number of nitrogens with two attached hydrogens (primary N) is 1. The third-order valence-electron chi connectivity index (χ3n) is 5.16.